The van der Waals surface area contributed by atoms with Gasteiger partial charge in [0.15, 0.2) is 0 Å². The van der Waals surface area contributed by atoms with Gasteiger partial charge in [-0.15, -0.1) is 0 Å². The zero-order chi connectivity index (χ0) is 8.97. The van der Waals surface area contributed by atoms with Gasteiger partial charge in [0.05, 0.1) is 6.04 Å². The zero-order valence-electron chi connectivity index (χ0n) is 7.26. The Morgan fingerprint density at radius 1 is 1.42 bits per heavy atom. The van der Waals surface area contributed by atoms with Gasteiger partial charge in [0.1, 0.15) is 5.82 Å². The van der Waals surface area contributed by atoms with Crippen LogP contribution in [0.15, 0.2) is 24.3 Å². The second kappa shape index (κ2) is 4.21. The Bertz CT molecular complexity index is 226. The molecule has 1 atom stereocenters. The fraction of sp³-hybridized carbons (Fsp3) is 0.300. The minimum Gasteiger partial charge on any atom is -0.473 e. The molecule has 1 nitrogen and oxygen atoms in total. The van der Waals surface area contributed by atoms with Crippen molar-refractivity contribution in [1.82, 2.24) is 0 Å². The van der Waals surface area contributed by atoms with E-state index in [1.54, 1.807) is 0 Å². The van der Waals surface area contributed by atoms with Gasteiger partial charge in [-0.05, 0) is 18.6 Å². The van der Waals surface area contributed by atoms with Crippen LogP contribution in [0.4, 0.5) is 4.39 Å². The Balaban J connectivity index is 2.80. The predicted octanol–water partition coefficient (Wildman–Crippen LogP) is 1.63. The molecule has 2 heteroatoms. The maximum atomic E-state index is 12.5. The van der Waals surface area contributed by atoms with Crippen molar-refractivity contribution in [2.75, 3.05) is 0 Å². The van der Waals surface area contributed by atoms with Gasteiger partial charge in [0.2, 0.25) is 0 Å². The van der Waals surface area contributed by atoms with Crippen LogP contribution < -0.4 is 5.32 Å². The number of benzene rings is 1. The Morgan fingerprint density at radius 2 is 2.00 bits per heavy atom. The first-order valence-corrected chi connectivity index (χ1v) is 4.16. The molecular formula is C10H14FN. The highest BCUT2D eigenvalue weighted by Gasteiger charge is 2.06. The molecule has 0 amide bonds. The molecule has 0 bridgehead atoms. The second-order valence-electron chi connectivity index (χ2n) is 2.80. The molecule has 1 unspecified atom stereocenters. The summed E-state index contributed by atoms with van der Waals surface area (Å²) in [6.07, 6.45) is 1.01. The molecule has 0 aromatic heterocycles. The number of quaternary nitrogens is 1. The molecule has 0 aliphatic rings. The van der Waals surface area contributed by atoms with Gasteiger partial charge in [-0.2, -0.15) is 7.05 Å². The first kappa shape index (κ1) is 9.20. The Morgan fingerprint density at radius 3 is 2.42 bits per heavy atom. The molecule has 12 heavy (non-hydrogen) atoms. The zero-order valence-corrected chi connectivity index (χ0v) is 7.26. The number of hydrogen-bond donors (Lipinski definition) is 1. The molecule has 0 saturated carbocycles. The third-order valence-electron chi connectivity index (χ3n) is 2.02. The molecule has 0 heterocycles. The summed E-state index contributed by atoms with van der Waals surface area (Å²) in [5.74, 6) is -0.183. The van der Waals surface area contributed by atoms with Crippen molar-refractivity contribution in [3.8, 4) is 0 Å². The summed E-state index contributed by atoms with van der Waals surface area (Å²) in [6, 6.07) is 6.95. The van der Waals surface area contributed by atoms with E-state index in [2.05, 4.69) is 14.0 Å². The Hall–Kier alpha value is -0.890. The van der Waals surface area contributed by atoms with E-state index in [4.69, 9.17) is 0 Å². The van der Waals surface area contributed by atoms with E-state index in [0.717, 1.165) is 12.0 Å². The summed E-state index contributed by atoms with van der Waals surface area (Å²) in [7, 11) is 3.74. The van der Waals surface area contributed by atoms with E-state index >= 15 is 0 Å². The lowest BCUT2D eigenvalue weighted by molar-refractivity contribution is -0.641. The van der Waals surface area contributed by atoms with Gasteiger partial charge >= 0.3 is 0 Å². The average molecular weight is 167 g/mol. The Labute approximate surface area is 72.6 Å². The highest BCUT2D eigenvalue weighted by atomic mass is 19.1. The van der Waals surface area contributed by atoms with E-state index in [0.29, 0.717) is 6.04 Å². The third kappa shape index (κ3) is 2.05. The van der Waals surface area contributed by atoms with Gasteiger partial charge in [-0.25, -0.2) is 4.39 Å². The van der Waals surface area contributed by atoms with Crippen LogP contribution in [-0.4, -0.2) is 0 Å². The molecule has 0 spiro atoms. The molecule has 2 N–H and O–H groups in total. The van der Waals surface area contributed by atoms with Crippen LogP contribution >= 0.6 is 0 Å². The van der Waals surface area contributed by atoms with Crippen molar-refractivity contribution in [2.45, 2.75) is 19.4 Å². The van der Waals surface area contributed by atoms with E-state index in [-0.39, 0.29) is 5.82 Å². The van der Waals surface area contributed by atoms with Crippen LogP contribution in [0.5, 0.6) is 0 Å². The summed E-state index contributed by atoms with van der Waals surface area (Å²) in [5.41, 5.74) is 1.13. The first-order chi connectivity index (χ1) is 5.77. The Kier molecular flexibility index (Phi) is 3.23. The molecule has 1 aromatic carbocycles. The average Bonchev–Trinajstić information content (AvgIpc) is 2.10. The second-order valence-corrected chi connectivity index (χ2v) is 2.80. The quantitative estimate of drug-likeness (QED) is 0.659. The molecule has 0 fully saturated rings. The molecule has 0 aliphatic heterocycles. The predicted molar refractivity (Wildman–Crippen MR) is 46.7 cm³/mol. The van der Waals surface area contributed by atoms with Crippen LogP contribution in [0, 0.1) is 12.9 Å². The van der Waals surface area contributed by atoms with Crippen LogP contribution in [0.25, 0.3) is 0 Å². The van der Waals surface area contributed by atoms with Crippen molar-refractivity contribution < 1.29 is 9.71 Å². The van der Waals surface area contributed by atoms with E-state index in [1.807, 2.05) is 17.4 Å². The fourth-order valence-electron chi connectivity index (χ4n) is 1.25. The highest BCUT2D eigenvalue weighted by Crippen LogP contribution is 2.12. The summed E-state index contributed by atoms with van der Waals surface area (Å²) in [4.78, 5) is 0. The topological polar surface area (TPSA) is 16.6 Å². The lowest BCUT2D eigenvalue weighted by Gasteiger charge is -2.14. The highest BCUT2D eigenvalue weighted by molar-refractivity contribution is 5.17. The van der Waals surface area contributed by atoms with E-state index in [9.17, 15) is 4.39 Å². The summed E-state index contributed by atoms with van der Waals surface area (Å²) >= 11 is 0. The molecule has 1 rings (SSSR count). The summed E-state index contributed by atoms with van der Waals surface area (Å²) in [5, 5.41) is 1.90. The molecule has 1 aromatic rings. The van der Waals surface area contributed by atoms with Gasteiger partial charge in [-0.1, -0.05) is 19.1 Å². The number of halogens is 1. The lowest BCUT2D eigenvalue weighted by Crippen LogP contribution is -2.78. The van der Waals surface area contributed by atoms with E-state index in [1.165, 1.54) is 12.1 Å². The van der Waals surface area contributed by atoms with Gasteiger partial charge in [0.25, 0.3) is 0 Å². The summed E-state index contributed by atoms with van der Waals surface area (Å²) in [6.45, 7) is 2.09. The fourth-order valence-corrected chi connectivity index (χ4v) is 1.25. The summed E-state index contributed by atoms with van der Waals surface area (Å²) < 4.78 is 12.5. The number of hydrogen-bond acceptors (Lipinski definition) is 0. The van der Waals surface area contributed by atoms with Crippen LogP contribution in [0.3, 0.4) is 0 Å². The number of nitrogens with two attached hydrogens (primary N) is 1. The molecule has 0 aliphatic carbocycles. The van der Waals surface area contributed by atoms with Gasteiger partial charge in [0, 0.05) is 5.56 Å². The van der Waals surface area contributed by atoms with E-state index < -0.39 is 0 Å². The van der Waals surface area contributed by atoms with Crippen LogP contribution in [0.1, 0.15) is 24.9 Å². The smallest absolute Gasteiger partial charge is 0.123 e. The lowest BCUT2D eigenvalue weighted by atomic mass is 10.1. The SMILES string of the molecule is [CH2-][NH2+]C(CC)c1ccc(F)cc1. The van der Waals surface area contributed by atoms with Gasteiger partial charge < -0.3 is 5.32 Å². The van der Waals surface area contributed by atoms with Gasteiger partial charge in [-0.3, -0.25) is 0 Å². The van der Waals surface area contributed by atoms with Crippen LogP contribution in [0.2, 0.25) is 0 Å². The minimum atomic E-state index is -0.183. The van der Waals surface area contributed by atoms with Crippen molar-refractivity contribution in [3.63, 3.8) is 0 Å². The van der Waals surface area contributed by atoms with Crippen molar-refractivity contribution in [1.29, 1.82) is 0 Å². The molecular weight excluding hydrogens is 153 g/mol. The van der Waals surface area contributed by atoms with Crippen molar-refractivity contribution in [3.05, 3.63) is 42.7 Å². The number of rotatable bonds is 3. The molecule has 66 valence electrons. The maximum Gasteiger partial charge on any atom is 0.123 e. The molecule has 0 saturated heterocycles. The van der Waals surface area contributed by atoms with Crippen molar-refractivity contribution >= 4 is 0 Å². The van der Waals surface area contributed by atoms with Crippen molar-refractivity contribution in [2.24, 2.45) is 0 Å². The normalized spacial score (nSPS) is 12.9. The largest absolute Gasteiger partial charge is 0.473 e. The minimum absolute atomic E-state index is 0.183. The first-order valence-electron chi connectivity index (χ1n) is 4.16. The standard InChI is InChI=1S/C10H14FN/c1-3-10(12-2)8-4-6-9(11)7-5-8/h4-7,10H,2-3,12H2,1H3. The third-order valence-corrected chi connectivity index (χ3v) is 2.02. The molecule has 0 radical (unpaired) electrons. The van der Waals surface area contributed by atoms with Crippen LogP contribution in [-0.2, 0) is 0 Å². The maximum absolute atomic E-state index is 12.5. The monoisotopic (exact) mass is 167 g/mol.